The molecule has 2 aromatic rings. The van der Waals surface area contributed by atoms with E-state index in [9.17, 15) is 0 Å². The second-order valence-electron chi connectivity index (χ2n) is 5.42. The molecule has 2 heterocycles. The monoisotopic (exact) mass is 298 g/mol. The maximum atomic E-state index is 5.41. The van der Waals surface area contributed by atoms with Gasteiger partial charge in [-0.25, -0.2) is 9.97 Å². The van der Waals surface area contributed by atoms with Crippen LogP contribution in [0.5, 0.6) is 0 Å². The van der Waals surface area contributed by atoms with Crippen LogP contribution in [0.4, 0.5) is 17.3 Å². The summed E-state index contributed by atoms with van der Waals surface area (Å²) in [5.74, 6) is 1.91. The Hall–Kier alpha value is -2.14. The van der Waals surface area contributed by atoms with E-state index in [1.54, 1.807) is 6.33 Å². The third kappa shape index (κ3) is 3.20. The first kappa shape index (κ1) is 14.8. The number of hydrogen-bond acceptors (Lipinski definition) is 5. The van der Waals surface area contributed by atoms with Gasteiger partial charge in [-0.05, 0) is 31.5 Å². The number of morpholine rings is 1. The highest BCUT2D eigenvalue weighted by Gasteiger charge is 2.15. The fourth-order valence-corrected chi connectivity index (χ4v) is 2.72. The first-order valence-electron chi connectivity index (χ1n) is 7.77. The number of aromatic nitrogens is 2. The number of nitrogens with zero attached hydrogens (tertiary/aromatic N) is 4. The van der Waals surface area contributed by atoms with Crippen LogP contribution >= 0.6 is 0 Å². The van der Waals surface area contributed by atoms with Crippen LogP contribution in [-0.4, -0.2) is 42.8 Å². The summed E-state index contributed by atoms with van der Waals surface area (Å²) in [6.45, 7) is 8.39. The molecule has 1 aromatic carbocycles. The number of anilines is 3. The zero-order chi connectivity index (χ0) is 15.4. The molecule has 1 fully saturated rings. The van der Waals surface area contributed by atoms with E-state index in [2.05, 4.69) is 63.9 Å². The molecule has 1 aromatic heterocycles. The molecule has 0 aliphatic carbocycles. The second-order valence-corrected chi connectivity index (χ2v) is 5.42. The van der Waals surface area contributed by atoms with Gasteiger partial charge in [-0.15, -0.1) is 0 Å². The molecule has 0 saturated carbocycles. The van der Waals surface area contributed by atoms with E-state index in [-0.39, 0.29) is 0 Å². The lowest BCUT2D eigenvalue weighted by molar-refractivity contribution is 0.122. The summed E-state index contributed by atoms with van der Waals surface area (Å²) >= 11 is 0. The molecule has 0 radical (unpaired) electrons. The predicted molar refractivity (Wildman–Crippen MR) is 88.9 cm³/mol. The minimum atomic E-state index is 0.759. The van der Waals surface area contributed by atoms with Gasteiger partial charge in [-0.1, -0.05) is 12.1 Å². The normalized spacial score (nSPS) is 14.9. The van der Waals surface area contributed by atoms with Gasteiger partial charge in [-0.3, -0.25) is 0 Å². The SMILES string of the molecule is CCN(c1cccc(C)c1)c1cc(N2CCOCC2)ncn1. The van der Waals surface area contributed by atoms with Gasteiger partial charge in [-0.2, -0.15) is 0 Å². The molecule has 0 bridgehead atoms. The minimum Gasteiger partial charge on any atom is -0.378 e. The average Bonchev–Trinajstić information content (AvgIpc) is 2.57. The van der Waals surface area contributed by atoms with Crippen molar-refractivity contribution in [3.8, 4) is 0 Å². The lowest BCUT2D eigenvalue weighted by Crippen LogP contribution is -2.36. The van der Waals surface area contributed by atoms with E-state index in [0.717, 1.165) is 50.2 Å². The predicted octanol–water partition coefficient (Wildman–Crippen LogP) is 2.78. The molecular formula is C17H22N4O. The van der Waals surface area contributed by atoms with Crippen molar-refractivity contribution in [2.24, 2.45) is 0 Å². The van der Waals surface area contributed by atoms with Crippen molar-refractivity contribution < 1.29 is 4.74 Å². The zero-order valence-corrected chi connectivity index (χ0v) is 13.2. The van der Waals surface area contributed by atoms with E-state index >= 15 is 0 Å². The summed E-state index contributed by atoms with van der Waals surface area (Å²) in [6, 6.07) is 10.6. The molecule has 22 heavy (non-hydrogen) atoms. The maximum absolute atomic E-state index is 5.41. The summed E-state index contributed by atoms with van der Waals surface area (Å²) in [7, 11) is 0. The maximum Gasteiger partial charge on any atom is 0.138 e. The van der Waals surface area contributed by atoms with Gasteiger partial charge in [0.05, 0.1) is 13.2 Å². The van der Waals surface area contributed by atoms with E-state index in [4.69, 9.17) is 4.74 Å². The molecule has 0 N–H and O–H groups in total. The lowest BCUT2D eigenvalue weighted by Gasteiger charge is -2.29. The fraction of sp³-hybridized carbons (Fsp3) is 0.412. The molecule has 116 valence electrons. The number of hydrogen-bond donors (Lipinski definition) is 0. The Morgan fingerprint density at radius 2 is 2.00 bits per heavy atom. The summed E-state index contributed by atoms with van der Waals surface area (Å²) in [5, 5.41) is 0. The fourth-order valence-electron chi connectivity index (χ4n) is 2.72. The van der Waals surface area contributed by atoms with E-state index in [1.165, 1.54) is 5.56 Å². The van der Waals surface area contributed by atoms with Gasteiger partial charge in [0, 0.05) is 31.4 Å². The summed E-state index contributed by atoms with van der Waals surface area (Å²) in [6.07, 6.45) is 1.65. The third-order valence-electron chi connectivity index (χ3n) is 3.88. The van der Waals surface area contributed by atoms with E-state index in [1.807, 2.05) is 0 Å². The number of benzene rings is 1. The van der Waals surface area contributed by atoms with Crippen molar-refractivity contribution in [3.05, 3.63) is 42.2 Å². The van der Waals surface area contributed by atoms with Crippen LogP contribution in [0, 0.1) is 6.92 Å². The Balaban J connectivity index is 1.89. The number of ether oxygens (including phenoxy) is 1. The van der Waals surface area contributed by atoms with Crippen molar-refractivity contribution in [1.29, 1.82) is 0 Å². The van der Waals surface area contributed by atoms with Crippen molar-refractivity contribution >= 4 is 17.3 Å². The van der Waals surface area contributed by atoms with Crippen molar-refractivity contribution in [2.75, 3.05) is 42.6 Å². The quantitative estimate of drug-likeness (QED) is 0.868. The van der Waals surface area contributed by atoms with E-state index < -0.39 is 0 Å². The summed E-state index contributed by atoms with van der Waals surface area (Å²) < 4.78 is 5.41. The molecule has 1 aliphatic rings. The molecule has 0 unspecified atom stereocenters. The van der Waals surface area contributed by atoms with Gasteiger partial charge in [0.2, 0.25) is 0 Å². The van der Waals surface area contributed by atoms with Crippen LogP contribution in [0.25, 0.3) is 0 Å². The van der Waals surface area contributed by atoms with Gasteiger partial charge < -0.3 is 14.5 Å². The van der Waals surface area contributed by atoms with Crippen molar-refractivity contribution in [1.82, 2.24) is 9.97 Å². The Bertz CT molecular complexity index is 626. The highest BCUT2D eigenvalue weighted by molar-refractivity contribution is 5.63. The third-order valence-corrected chi connectivity index (χ3v) is 3.88. The van der Waals surface area contributed by atoms with Crippen LogP contribution in [0.3, 0.4) is 0 Å². The standard InChI is InChI=1S/C17H22N4O/c1-3-21(15-6-4-5-14(2)11-15)17-12-16(18-13-19-17)20-7-9-22-10-8-20/h4-6,11-13H,3,7-10H2,1-2H3. The van der Waals surface area contributed by atoms with Crippen molar-refractivity contribution in [2.45, 2.75) is 13.8 Å². The van der Waals surface area contributed by atoms with Crippen LogP contribution in [0.15, 0.2) is 36.7 Å². The smallest absolute Gasteiger partial charge is 0.138 e. The van der Waals surface area contributed by atoms with Crippen LogP contribution in [0.1, 0.15) is 12.5 Å². The number of aryl methyl sites for hydroxylation is 1. The molecule has 1 aliphatic heterocycles. The van der Waals surface area contributed by atoms with Gasteiger partial charge in [0.25, 0.3) is 0 Å². The topological polar surface area (TPSA) is 41.5 Å². The Kier molecular flexibility index (Phi) is 4.53. The molecule has 0 spiro atoms. The molecule has 5 nitrogen and oxygen atoms in total. The second kappa shape index (κ2) is 6.75. The minimum absolute atomic E-state index is 0.759. The number of rotatable bonds is 4. The first-order chi connectivity index (χ1) is 10.8. The highest BCUT2D eigenvalue weighted by atomic mass is 16.5. The molecule has 5 heteroatoms. The summed E-state index contributed by atoms with van der Waals surface area (Å²) in [5.41, 5.74) is 2.41. The first-order valence-corrected chi connectivity index (χ1v) is 7.77. The van der Waals surface area contributed by atoms with Crippen molar-refractivity contribution in [3.63, 3.8) is 0 Å². The molecular weight excluding hydrogens is 276 g/mol. The van der Waals surface area contributed by atoms with E-state index in [0.29, 0.717) is 0 Å². The van der Waals surface area contributed by atoms with Gasteiger partial charge >= 0.3 is 0 Å². The lowest BCUT2D eigenvalue weighted by atomic mass is 10.2. The Morgan fingerprint density at radius 3 is 2.73 bits per heavy atom. The molecule has 3 rings (SSSR count). The molecule has 0 atom stereocenters. The molecule has 0 amide bonds. The van der Waals surface area contributed by atoms with Crippen LogP contribution < -0.4 is 9.80 Å². The Morgan fingerprint density at radius 1 is 1.18 bits per heavy atom. The largest absolute Gasteiger partial charge is 0.378 e. The van der Waals surface area contributed by atoms with Gasteiger partial charge in [0.1, 0.15) is 18.0 Å². The summed E-state index contributed by atoms with van der Waals surface area (Å²) in [4.78, 5) is 13.3. The van der Waals surface area contributed by atoms with Crippen LogP contribution in [0.2, 0.25) is 0 Å². The van der Waals surface area contributed by atoms with Crippen LogP contribution in [-0.2, 0) is 4.74 Å². The highest BCUT2D eigenvalue weighted by Crippen LogP contribution is 2.26. The Labute approximate surface area is 131 Å². The zero-order valence-electron chi connectivity index (χ0n) is 13.2. The van der Waals surface area contributed by atoms with Gasteiger partial charge in [0.15, 0.2) is 0 Å². The average molecular weight is 298 g/mol. The molecule has 1 saturated heterocycles.